The molecule has 1 atom stereocenters. The summed E-state index contributed by atoms with van der Waals surface area (Å²) in [6.45, 7) is 2.16. The molecular formula is C11H14Br2ClNO2. The number of carbonyl (C=O) groups excluding carboxylic acids is 1. The smallest absolute Gasteiger partial charge is 0.307 e. The Morgan fingerprint density at radius 1 is 1.35 bits per heavy atom. The topological polar surface area (TPSA) is 52.3 Å². The molecule has 1 aromatic carbocycles. The minimum atomic E-state index is -0.340. The van der Waals surface area contributed by atoms with Gasteiger partial charge in [0.25, 0.3) is 0 Å². The molecule has 0 saturated heterocycles. The molecule has 0 aliphatic rings. The van der Waals surface area contributed by atoms with Crippen LogP contribution in [0, 0.1) is 0 Å². The van der Waals surface area contributed by atoms with Gasteiger partial charge in [0.2, 0.25) is 0 Å². The lowest BCUT2D eigenvalue weighted by Gasteiger charge is -2.12. The van der Waals surface area contributed by atoms with Crippen molar-refractivity contribution in [3.8, 4) is 0 Å². The Balaban J connectivity index is 0.00000256. The average molecular weight is 387 g/mol. The molecule has 0 heterocycles. The molecule has 2 N–H and O–H groups in total. The highest BCUT2D eigenvalue weighted by atomic mass is 79.9. The zero-order valence-electron chi connectivity index (χ0n) is 9.28. The van der Waals surface area contributed by atoms with Crippen molar-refractivity contribution in [2.45, 2.75) is 19.4 Å². The Morgan fingerprint density at radius 2 is 1.88 bits per heavy atom. The van der Waals surface area contributed by atoms with E-state index in [9.17, 15) is 4.79 Å². The fourth-order valence-electron chi connectivity index (χ4n) is 1.31. The van der Waals surface area contributed by atoms with Crippen LogP contribution < -0.4 is 5.73 Å². The molecule has 17 heavy (non-hydrogen) atoms. The third kappa shape index (κ3) is 5.86. The van der Waals surface area contributed by atoms with Gasteiger partial charge in [0, 0.05) is 15.0 Å². The minimum absolute atomic E-state index is 0. The quantitative estimate of drug-likeness (QED) is 0.804. The van der Waals surface area contributed by atoms with Crippen molar-refractivity contribution in [2.75, 3.05) is 6.61 Å². The third-order valence-corrected chi connectivity index (χ3v) is 2.92. The van der Waals surface area contributed by atoms with E-state index in [2.05, 4.69) is 31.9 Å². The van der Waals surface area contributed by atoms with Gasteiger partial charge in [-0.3, -0.25) is 4.79 Å². The lowest BCUT2D eigenvalue weighted by Crippen LogP contribution is -2.17. The van der Waals surface area contributed by atoms with Crippen molar-refractivity contribution in [1.82, 2.24) is 0 Å². The van der Waals surface area contributed by atoms with Gasteiger partial charge in [-0.1, -0.05) is 31.9 Å². The number of benzene rings is 1. The van der Waals surface area contributed by atoms with Crippen molar-refractivity contribution < 1.29 is 9.53 Å². The van der Waals surface area contributed by atoms with Crippen molar-refractivity contribution >= 4 is 50.2 Å². The second kappa shape index (κ2) is 8.08. The number of hydrogen-bond donors (Lipinski definition) is 1. The molecule has 0 spiro atoms. The van der Waals surface area contributed by atoms with Crippen LogP contribution in [0.1, 0.15) is 24.9 Å². The van der Waals surface area contributed by atoms with Crippen molar-refractivity contribution in [3.05, 3.63) is 32.7 Å². The van der Waals surface area contributed by atoms with E-state index < -0.39 is 0 Å². The summed E-state index contributed by atoms with van der Waals surface area (Å²) in [5, 5.41) is 0. The summed E-state index contributed by atoms with van der Waals surface area (Å²) in [4.78, 5) is 11.3. The maximum Gasteiger partial charge on any atom is 0.307 e. The van der Waals surface area contributed by atoms with Crippen LogP contribution in [0.5, 0.6) is 0 Å². The number of carbonyl (C=O) groups is 1. The summed E-state index contributed by atoms with van der Waals surface area (Å²) in [7, 11) is 0. The molecule has 0 unspecified atom stereocenters. The number of rotatable bonds is 4. The maximum absolute atomic E-state index is 11.3. The van der Waals surface area contributed by atoms with E-state index in [1.54, 1.807) is 6.92 Å². The van der Waals surface area contributed by atoms with Gasteiger partial charge in [-0.15, -0.1) is 12.4 Å². The van der Waals surface area contributed by atoms with Gasteiger partial charge in [-0.25, -0.2) is 0 Å². The van der Waals surface area contributed by atoms with Gasteiger partial charge >= 0.3 is 5.97 Å². The molecular weight excluding hydrogens is 373 g/mol. The Labute approximate surface area is 124 Å². The summed E-state index contributed by atoms with van der Waals surface area (Å²) in [6.07, 6.45) is 0.191. The number of ether oxygens (including phenoxy) is 1. The van der Waals surface area contributed by atoms with Crippen molar-refractivity contribution in [3.63, 3.8) is 0 Å². The van der Waals surface area contributed by atoms with Crippen molar-refractivity contribution in [2.24, 2.45) is 5.73 Å². The molecule has 1 rings (SSSR count). The minimum Gasteiger partial charge on any atom is -0.466 e. The normalized spacial score (nSPS) is 11.5. The van der Waals surface area contributed by atoms with Crippen LogP contribution >= 0.6 is 44.3 Å². The molecule has 6 heteroatoms. The van der Waals surface area contributed by atoms with Gasteiger partial charge in [0.1, 0.15) is 0 Å². The predicted molar refractivity (Wildman–Crippen MR) is 77.3 cm³/mol. The lowest BCUT2D eigenvalue weighted by molar-refractivity contribution is -0.143. The largest absolute Gasteiger partial charge is 0.466 e. The van der Waals surface area contributed by atoms with E-state index in [1.165, 1.54) is 0 Å². The molecule has 0 aliphatic heterocycles. The highest BCUT2D eigenvalue weighted by Gasteiger charge is 2.13. The molecule has 1 aromatic rings. The molecule has 0 fully saturated rings. The Kier molecular flexibility index (Phi) is 8.03. The van der Waals surface area contributed by atoms with Crippen molar-refractivity contribution in [1.29, 1.82) is 0 Å². The first-order valence-corrected chi connectivity index (χ1v) is 6.48. The summed E-state index contributed by atoms with van der Waals surface area (Å²) in [5.41, 5.74) is 6.82. The van der Waals surface area contributed by atoms with E-state index in [0.29, 0.717) is 6.61 Å². The fourth-order valence-corrected chi connectivity index (χ4v) is 2.64. The van der Waals surface area contributed by atoms with E-state index in [4.69, 9.17) is 10.5 Å². The zero-order valence-corrected chi connectivity index (χ0v) is 13.3. The Morgan fingerprint density at radius 3 is 2.35 bits per heavy atom. The van der Waals surface area contributed by atoms with Crippen LogP contribution in [0.25, 0.3) is 0 Å². The second-order valence-electron chi connectivity index (χ2n) is 3.32. The van der Waals surface area contributed by atoms with E-state index in [-0.39, 0.29) is 30.8 Å². The Bertz CT molecular complexity index is 367. The first-order valence-electron chi connectivity index (χ1n) is 4.90. The summed E-state index contributed by atoms with van der Waals surface area (Å²) >= 11 is 6.75. The summed E-state index contributed by atoms with van der Waals surface area (Å²) < 4.78 is 6.71. The molecule has 96 valence electrons. The fraction of sp³-hybridized carbons (Fsp3) is 0.364. The van der Waals surface area contributed by atoms with Gasteiger partial charge in [0.05, 0.1) is 13.0 Å². The lowest BCUT2D eigenvalue weighted by atomic mass is 10.1. The molecule has 0 bridgehead atoms. The average Bonchev–Trinajstić information content (AvgIpc) is 2.16. The van der Waals surface area contributed by atoms with Crippen LogP contribution in [0.4, 0.5) is 0 Å². The number of halogens is 3. The first kappa shape index (κ1) is 16.9. The molecule has 0 amide bonds. The SMILES string of the molecule is CCOC(=O)C[C@H](N)c1cc(Br)cc(Br)c1.Cl. The number of nitrogens with two attached hydrogens (primary N) is 1. The van der Waals surface area contributed by atoms with Crippen LogP contribution in [0.3, 0.4) is 0 Å². The Hall–Kier alpha value is -0.100. The van der Waals surface area contributed by atoms with Gasteiger partial charge in [-0.05, 0) is 30.7 Å². The van der Waals surface area contributed by atoms with Crippen LogP contribution in [0.15, 0.2) is 27.1 Å². The number of hydrogen-bond acceptors (Lipinski definition) is 3. The molecule has 0 saturated carbocycles. The van der Waals surface area contributed by atoms with Crippen LogP contribution in [0.2, 0.25) is 0 Å². The second-order valence-corrected chi connectivity index (χ2v) is 5.15. The summed E-state index contributed by atoms with van der Waals surface area (Å²) in [6, 6.07) is 5.37. The molecule has 0 aromatic heterocycles. The van der Waals surface area contributed by atoms with E-state index in [0.717, 1.165) is 14.5 Å². The van der Waals surface area contributed by atoms with Crippen LogP contribution in [-0.4, -0.2) is 12.6 Å². The van der Waals surface area contributed by atoms with Gasteiger partial charge in [-0.2, -0.15) is 0 Å². The predicted octanol–water partition coefficient (Wildman–Crippen LogP) is 3.59. The number of esters is 1. The third-order valence-electron chi connectivity index (χ3n) is 2.00. The highest BCUT2D eigenvalue weighted by molar-refractivity contribution is 9.11. The summed E-state index contributed by atoms with van der Waals surface area (Å²) in [5.74, 6) is -0.272. The van der Waals surface area contributed by atoms with E-state index in [1.807, 2.05) is 18.2 Å². The molecule has 3 nitrogen and oxygen atoms in total. The molecule has 0 aliphatic carbocycles. The standard InChI is InChI=1S/C11H13Br2NO2.ClH/c1-2-16-11(15)6-10(14)7-3-8(12)5-9(13)4-7;/h3-5,10H,2,6,14H2,1H3;1H/t10-;/m0./s1. The monoisotopic (exact) mass is 385 g/mol. The molecule has 0 radical (unpaired) electrons. The first-order chi connectivity index (χ1) is 7.52. The zero-order chi connectivity index (χ0) is 12.1. The highest BCUT2D eigenvalue weighted by Crippen LogP contribution is 2.24. The van der Waals surface area contributed by atoms with Gasteiger partial charge < -0.3 is 10.5 Å². The van der Waals surface area contributed by atoms with Gasteiger partial charge in [0.15, 0.2) is 0 Å². The maximum atomic E-state index is 11.3. The van der Waals surface area contributed by atoms with E-state index >= 15 is 0 Å². The van der Waals surface area contributed by atoms with Crippen LogP contribution in [-0.2, 0) is 9.53 Å².